The van der Waals surface area contributed by atoms with E-state index >= 15 is 0 Å². The van der Waals surface area contributed by atoms with Gasteiger partial charge in [-0.2, -0.15) is 0 Å². The Morgan fingerprint density at radius 2 is 2.00 bits per heavy atom. The summed E-state index contributed by atoms with van der Waals surface area (Å²) < 4.78 is 10.4. The minimum atomic E-state index is -1.07. The molecule has 0 unspecified atom stereocenters. The number of nitrogens with zero attached hydrogens (tertiary/aromatic N) is 2. The fourth-order valence-electron chi connectivity index (χ4n) is 2.01. The van der Waals surface area contributed by atoms with Crippen molar-refractivity contribution in [3.8, 4) is 11.5 Å². The highest BCUT2D eigenvalue weighted by atomic mass is 35.5. The van der Waals surface area contributed by atoms with Crippen LogP contribution in [0, 0.1) is 0 Å². The standard InChI is InChI=1S/C14H17ClN2O5/c1-16(2)3-4-17(7-12(18)19)14(20)9-5-10(15)13-11(6-9)21-8-22-13/h5-6H,3-4,7-8H2,1-2H3,(H,18,19). The van der Waals surface area contributed by atoms with Crippen LogP contribution in [0.15, 0.2) is 12.1 Å². The lowest BCUT2D eigenvalue weighted by Gasteiger charge is -2.23. The van der Waals surface area contributed by atoms with Crippen LogP contribution < -0.4 is 9.47 Å². The van der Waals surface area contributed by atoms with Crippen LogP contribution >= 0.6 is 11.6 Å². The van der Waals surface area contributed by atoms with Gasteiger partial charge in [-0.25, -0.2) is 0 Å². The minimum absolute atomic E-state index is 0.0478. The van der Waals surface area contributed by atoms with E-state index in [0.29, 0.717) is 24.6 Å². The number of carboxylic acids is 1. The maximum atomic E-state index is 12.5. The number of fused-ring (bicyclic) bond motifs is 1. The number of ether oxygens (including phenoxy) is 2. The zero-order valence-electron chi connectivity index (χ0n) is 12.3. The molecule has 0 aromatic heterocycles. The SMILES string of the molecule is CN(C)CCN(CC(=O)O)C(=O)c1cc(Cl)c2c(c1)OCO2. The Kier molecular flexibility index (Phi) is 5.10. The second kappa shape index (κ2) is 6.85. The molecule has 1 amide bonds. The van der Waals surface area contributed by atoms with E-state index in [2.05, 4.69) is 0 Å². The van der Waals surface area contributed by atoms with Crippen LogP contribution in [-0.2, 0) is 4.79 Å². The van der Waals surface area contributed by atoms with Crippen LogP contribution in [0.25, 0.3) is 0 Å². The van der Waals surface area contributed by atoms with Gasteiger partial charge >= 0.3 is 5.97 Å². The number of hydrogen-bond acceptors (Lipinski definition) is 5. The molecule has 0 spiro atoms. The molecule has 8 heteroatoms. The lowest BCUT2D eigenvalue weighted by Crippen LogP contribution is -2.40. The number of carboxylic acid groups (broad SMARTS) is 1. The molecule has 1 aliphatic rings. The topological polar surface area (TPSA) is 79.3 Å². The highest BCUT2D eigenvalue weighted by molar-refractivity contribution is 6.32. The Morgan fingerprint density at radius 3 is 2.64 bits per heavy atom. The highest BCUT2D eigenvalue weighted by Crippen LogP contribution is 2.40. The van der Waals surface area contributed by atoms with Crippen molar-refractivity contribution in [2.45, 2.75) is 0 Å². The fourth-order valence-corrected chi connectivity index (χ4v) is 2.28. The normalized spacial score (nSPS) is 12.5. The molecule has 0 fully saturated rings. The molecule has 0 radical (unpaired) electrons. The third kappa shape index (κ3) is 3.80. The van der Waals surface area contributed by atoms with Crippen LogP contribution in [0.1, 0.15) is 10.4 Å². The molecule has 0 aliphatic carbocycles. The molecule has 1 aromatic carbocycles. The molecule has 1 N–H and O–H groups in total. The third-order valence-corrected chi connectivity index (χ3v) is 3.39. The highest BCUT2D eigenvalue weighted by Gasteiger charge is 2.24. The first-order valence-corrected chi connectivity index (χ1v) is 7.01. The van der Waals surface area contributed by atoms with Crippen molar-refractivity contribution < 1.29 is 24.2 Å². The summed E-state index contributed by atoms with van der Waals surface area (Å²) in [5, 5.41) is 9.24. The van der Waals surface area contributed by atoms with Gasteiger partial charge in [-0.15, -0.1) is 0 Å². The van der Waals surface area contributed by atoms with Gasteiger partial charge in [0.2, 0.25) is 6.79 Å². The third-order valence-electron chi connectivity index (χ3n) is 3.10. The van der Waals surface area contributed by atoms with E-state index in [1.54, 1.807) is 0 Å². The lowest BCUT2D eigenvalue weighted by atomic mass is 10.1. The van der Waals surface area contributed by atoms with Crippen LogP contribution in [0.3, 0.4) is 0 Å². The molecule has 0 saturated heterocycles. The average molecular weight is 329 g/mol. The van der Waals surface area contributed by atoms with Crippen molar-refractivity contribution in [2.24, 2.45) is 0 Å². The van der Waals surface area contributed by atoms with Gasteiger partial charge in [-0.1, -0.05) is 11.6 Å². The van der Waals surface area contributed by atoms with E-state index < -0.39 is 11.9 Å². The monoisotopic (exact) mass is 328 g/mol. The Morgan fingerprint density at radius 1 is 1.27 bits per heavy atom. The van der Waals surface area contributed by atoms with Crippen molar-refractivity contribution in [3.05, 3.63) is 22.7 Å². The predicted octanol–water partition coefficient (Wildman–Crippen LogP) is 1.16. The van der Waals surface area contributed by atoms with Crippen molar-refractivity contribution in [1.29, 1.82) is 0 Å². The predicted molar refractivity (Wildman–Crippen MR) is 79.7 cm³/mol. The largest absolute Gasteiger partial charge is 0.480 e. The number of halogens is 1. The van der Waals surface area contributed by atoms with Crippen LogP contribution in [0.5, 0.6) is 11.5 Å². The molecular formula is C14H17ClN2O5. The molecular weight excluding hydrogens is 312 g/mol. The molecule has 120 valence electrons. The average Bonchev–Trinajstić information content (AvgIpc) is 2.91. The molecule has 0 atom stereocenters. The smallest absolute Gasteiger partial charge is 0.323 e. The summed E-state index contributed by atoms with van der Waals surface area (Å²) in [6, 6.07) is 2.98. The minimum Gasteiger partial charge on any atom is -0.480 e. The van der Waals surface area contributed by atoms with Gasteiger partial charge in [-0.05, 0) is 26.2 Å². The van der Waals surface area contributed by atoms with Crippen molar-refractivity contribution in [2.75, 3.05) is 40.5 Å². The Labute approximate surface area is 133 Å². The fraction of sp³-hybridized carbons (Fsp3) is 0.429. The second-order valence-electron chi connectivity index (χ2n) is 5.12. The van der Waals surface area contributed by atoms with Crippen LogP contribution in [0.4, 0.5) is 0 Å². The van der Waals surface area contributed by atoms with Crippen molar-refractivity contribution in [1.82, 2.24) is 9.80 Å². The van der Waals surface area contributed by atoms with E-state index in [1.807, 2.05) is 19.0 Å². The summed E-state index contributed by atoms with van der Waals surface area (Å²) in [4.78, 5) is 26.6. The molecule has 22 heavy (non-hydrogen) atoms. The first-order valence-electron chi connectivity index (χ1n) is 6.63. The summed E-state index contributed by atoms with van der Waals surface area (Å²) in [5.41, 5.74) is 0.272. The van der Waals surface area contributed by atoms with Crippen LogP contribution in [-0.4, -0.2) is 67.3 Å². The van der Waals surface area contributed by atoms with Crippen molar-refractivity contribution in [3.63, 3.8) is 0 Å². The number of amides is 1. The molecule has 1 aromatic rings. The van der Waals surface area contributed by atoms with Crippen molar-refractivity contribution >= 4 is 23.5 Å². The van der Waals surface area contributed by atoms with Gasteiger partial charge in [0.25, 0.3) is 5.91 Å². The number of hydrogen-bond donors (Lipinski definition) is 1. The molecule has 7 nitrogen and oxygen atoms in total. The summed E-state index contributed by atoms with van der Waals surface area (Å²) in [6.45, 7) is 0.520. The van der Waals surface area contributed by atoms with Gasteiger partial charge in [0.05, 0.1) is 5.02 Å². The van der Waals surface area contributed by atoms with Gasteiger partial charge in [0, 0.05) is 18.7 Å². The zero-order valence-corrected chi connectivity index (χ0v) is 13.1. The lowest BCUT2D eigenvalue weighted by molar-refractivity contribution is -0.137. The van der Waals surface area contributed by atoms with E-state index in [9.17, 15) is 9.59 Å². The second-order valence-corrected chi connectivity index (χ2v) is 5.52. The molecule has 0 bridgehead atoms. The van der Waals surface area contributed by atoms with Gasteiger partial charge in [-0.3, -0.25) is 9.59 Å². The number of aliphatic carboxylic acids is 1. The number of rotatable bonds is 6. The number of likely N-dealkylation sites (N-methyl/N-ethyl adjacent to an activating group) is 1. The van der Waals surface area contributed by atoms with E-state index in [4.69, 9.17) is 26.2 Å². The first-order chi connectivity index (χ1) is 10.4. The Hall–Kier alpha value is -1.99. The molecule has 1 aliphatic heterocycles. The van der Waals surface area contributed by atoms with Gasteiger partial charge < -0.3 is 24.4 Å². The summed E-state index contributed by atoms with van der Waals surface area (Å²) in [6.07, 6.45) is 0. The quantitative estimate of drug-likeness (QED) is 0.844. The van der Waals surface area contributed by atoms with E-state index in [0.717, 1.165) is 0 Å². The zero-order chi connectivity index (χ0) is 16.3. The van der Waals surface area contributed by atoms with E-state index in [-0.39, 0.29) is 23.9 Å². The van der Waals surface area contributed by atoms with Gasteiger partial charge in [0.1, 0.15) is 6.54 Å². The maximum Gasteiger partial charge on any atom is 0.323 e. The Balaban J connectivity index is 2.22. The Bertz CT molecular complexity index is 591. The number of carbonyl (C=O) groups excluding carboxylic acids is 1. The van der Waals surface area contributed by atoms with Gasteiger partial charge in [0.15, 0.2) is 11.5 Å². The molecule has 1 heterocycles. The maximum absolute atomic E-state index is 12.5. The van der Waals surface area contributed by atoms with Crippen LogP contribution in [0.2, 0.25) is 5.02 Å². The first kappa shape index (κ1) is 16.4. The summed E-state index contributed by atoms with van der Waals surface area (Å²) >= 11 is 6.06. The summed E-state index contributed by atoms with van der Waals surface area (Å²) in [5.74, 6) is -0.696. The molecule has 2 rings (SSSR count). The number of carbonyl (C=O) groups is 2. The summed E-state index contributed by atoms with van der Waals surface area (Å²) in [7, 11) is 3.70. The van der Waals surface area contributed by atoms with E-state index in [1.165, 1.54) is 17.0 Å². The molecule has 0 saturated carbocycles. The number of benzene rings is 1.